The van der Waals surface area contributed by atoms with E-state index < -0.39 is 29.6 Å². The van der Waals surface area contributed by atoms with Gasteiger partial charge in [-0.15, -0.1) is 0 Å². The highest BCUT2D eigenvalue weighted by Gasteiger charge is 2.55. The van der Waals surface area contributed by atoms with E-state index >= 15 is 0 Å². The highest BCUT2D eigenvalue weighted by molar-refractivity contribution is 6.05. The minimum atomic E-state index is -1.68. The van der Waals surface area contributed by atoms with Gasteiger partial charge in [-0.05, 0) is 31.4 Å². The number of benzene rings is 1. The Labute approximate surface area is 161 Å². The molecule has 146 valence electrons. The molecule has 0 radical (unpaired) electrons. The zero-order chi connectivity index (χ0) is 19.7. The Bertz CT molecular complexity index is 922. The Morgan fingerprint density at radius 1 is 1.14 bits per heavy atom. The topological polar surface area (TPSA) is 86.0 Å². The molecule has 2 unspecified atom stereocenters. The molecular formula is C21H21NO6. The van der Waals surface area contributed by atoms with Crippen LogP contribution in [0.4, 0.5) is 0 Å². The molecule has 0 aliphatic carbocycles. The highest BCUT2D eigenvalue weighted by atomic mass is 16.6. The van der Waals surface area contributed by atoms with Crippen molar-refractivity contribution in [3.05, 3.63) is 48.2 Å². The number of ketones is 1. The summed E-state index contributed by atoms with van der Waals surface area (Å²) in [7, 11) is 0. The first-order chi connectivity index (χ1) is 13.5. The average Bonchev–Trinajstić information content (AvgIpc) is 3.37. The third-order valence-electron chi connectivity index (χ3n) is 5.30. The molecule has 7 nitrogen and oxygen atoms in total. The third kappa shape index (κ3) is 3.11. The van der Waals surface area contributed by atoms with Crippen LogP contribution in [0.3, 0.4) is 0 Å². The third-order valence-corrected chi connectivity index (χ3v) is 5.30. The number of furan rings is 1. The number of nitrogens with zero attached hydrogens (tertiary/aromatic N) is 1. The lowest BCUT2D eigenvalue weighted by Gasteiger charge is -2.41. The van der Waals surface area contributed by atoms with Crippen molar-refractivity contribution in [2.45, 2.75) is 38.0 Å². The van der Waals surface area contributed by atoms with Crippen LogP contribution in [0, 0.1) is 0 Å². The molecule has 1 fully saturated rings. The summed E-state index contributed by atoms with van der Waals surface area (Å²) in [5.74, 6) is -1.88. The predicted molar refractivity (Wildman–Crippen MR) is 99.5 cm³/mol. The van der Waals surface area contributed by atoms with Gasteiger partial charge in [0.05, 0.1) is 0 Å². The Morgan fingerprint density at radius 2 is 1.86 bits per heavy atom. The second kappa shape index (κ2) is 7.24. The van der Waals surface area contributed by atoms with Crippen LogP contribution in [-0.4, -0.2) is 47.5 Å². The first-order valence-electron chi connectivity index (χ1n) is 9.42. The van der Waals surface area contributed by atoms with Crippen LogP contribution in [0.15, 0.2) is 46.9 Å². The Balaban J connectivity index is 1.82. The van der Waals surface area contributed by atoms with E-state index in [1.54, 1.807) is 19.1 Å². The van der Waals surface area contributed by atoms with E-state index in [0.29, 0.717) is 18.7 Å². The van der Waals surface area contributed by atoms with Crippen LogP contribution in [0.2, 0.25) is 0 Å². The van der Waals surface area contributed by atoms with E-state index in [2.05, 4.69) is 0 Å². The van der Waals surface area contributed by atoms with Crippen molar-refractivity contribution in [3.63, 3.8) is 0 Å². The molecule has 3 heterocycles. The van der Waals surface area contributed by atoms with Gasteiger partial charge >= 0.3 is 11.9 Å². The van der Waals surface area contributed by atoms with Crippen molar-refractivity contribution >= 4 is 28.7 Å². The molecule has 2 aromatic rings. The molecule has 0 spiro atoms. The summed E-state index contributed by atoms with van der Waals surface area (Å²) in [5.41, 5.74) is -1.13. The number of cyclic esters (lactones) is 2. The van der Waals surface area contributed by atoms with Crippen LogP contribution < -0.4 is 0 Å². The average molecular weight is 383 g/mol. The molecule has 7 heteroatoms. The number of para-hydroxylation sites is 1. The molecule has 2 aliphatic heterocycles. The van der Waals surface area contributed by atoms with Crippen molar-refractivity contribution in [1.29, 1.82) is 0 Å². The molecule has 1 saturated heterocycles. The van der Waals surface area contributed by atoms with Crippen molar-refractivity contribution < 1.29 is 28.3 Å². The maximum atomic E-state index is 13.6. The van der Waals surface area contributed by atoms with Crippen LogP contribution in [-0.2, 0) is 19.1 Å². The van der Waals surface area contributed by atoms with E-state index in [-0.39, 0.29) is 12.2 Å². The van der Waals surface area contributed by atoms with E-state index in [0.717, 1.165) is 30.4 Å². The Hall–Kier alpha value is -2.93. The molecule has 2 atom stereocenters. The zero-order valence-corrected chi connectivity index (χ0v) is 15.6. The quantitative estimate of drug-likeness (QED) is 0.593. The molecule has 28 heavy (non-hydrogen) atoms. The summed E-state index contributed by atoms with van der Waals surface area (Å²) < 4.78 is 17.0. The van der Waals surface area contributed by atoms with Gasteiger partial charge in [-0.2, -0.15) is 0 Å². The molecule has 0 saturated carbocycles. The number of rotatable bonds is 4. The summed E-state index contributed by atoms with van der Waals surface area (Å²) in [6.07, 6.45) is 2.96. The summed E-state index contributed by atoms with van der Waals surface area (Å²) in [6, 6.07) is 8.87. The number of esters is 2. The van der Waals surface area contributed by atoms with Crippen molar-refractivity contribution in [2.24, 2.45) is 0 Å². The largest absolute Gasteiger partial charge is 0.453 e. The first-order valence-corrected chi connectivity index (χ1v) is 9.42. The van der Waals surface area contributed by atoms with Gasteiger partial charge in [-0.1, -0.05) is 25.1 Å². The lowest BCUT2D eigenvalue weighted by Crippen LogP contribution is -2.61. The molecule has 0 bridgehead atoms. The number of Topliss-reactive ketones (excluding diaryl/α,β-unsaturated/α-hetero) is 1. The fourth-order valence-corrected chi connectivity index (χ4v) is 3.86. The molecule has 1 aromatic heterocycles. The minimum absolute atomic E-state index is 0.0700. The fourth-order valence-electron chi connectivity index (χ4n) is 3.86. The monoisotopic (exact) mass is 383 g/mol. The molecular weight excluding hydrogens is 362 g/mol. The van der Waals surface area contributed by atoms with Crippen LogP contribution in [0.5, 0.6) is 0 Å². The van der Waals surface area contributed by atoms with Gasteiger partial charge in [0.2, 0.25) is 17.6 Å². The normalized spacial score (nSPS) is 27.1. The molecule has 4 rings (SSSR count). The van der Waals surface area contributed by atoms with Gasteiger partial charge in [0, 0.05) is 30.6 Å². The van der Waals surface area contributed by atoms with Crippen LogP contribution in [0.1, 0.15) is 36.7 Å². The van der Waals surface area contributed by atoms with Gasteiger partial charge in [0.25, 0.3) is 0 Å². The van der Waals surface area contributed by atoms with Crippen molar-refractivity contribution in [1.82, 2.24) is 4.90 Å². The smallest absolute Gasteiger partial charge is 0.332 e. The number of hydrogen-bond acceptors (Lipinski definition) is 7. The standard InChI is InChI=1S/C21H21NO6/c1-2-21(19(25)16-13-14-7-3-4-8-15(14)26-16)20(22-11-5-6-12-22)27-17(23)9-10-18(24)28-21/h3-4,7-10,13,20H,2,5-6,11-12H2,1H3/b10-9-. The second-order valence-corrected chi connectivity index (χ2v) is 7.01. The number of fused-ring (bicyclic) bond motifs is 1. The van der Waals surface area contributed by atoms with E-state index in [9.17, 15) is 14.4 Å². The maximum absolute atomic E-state index is 13.6. The Kier molecular flexibility index (Phi) is 4.77. The Morgan fingerprint density at radius 3 is 2.57 bits per heavy atom. The van der Waals surface area contributed by atoms with Gasteiger partial charge in [-0.3, -0.25) is 9.69 Å². The van der Waals surface area contributed by atoms with E-state index in [1.807, 2.05) is 23.1 Å². The molecule has 0 N–H and O–H groups in total. The molecule has 0 amide bonds. The number of carbonyl (C=O) groups is 3. The SMILES string of the molecule is CCC1(C(=O)c2cc3ccccc3o2)OC(=O)/C=C\C(=O)OC1N1CCCC1. The maximum Gasteiger partial charge on any atom is 0.332 e. The lowest BCUT2D eigenvalue weighted by atomic mass is 9.89. The van der Waals surface area contributed by atoms with Crippen LogP contribution >= 0.6 is 0 Å². The van der Waals surface area contributed by atoms with Gasteiger partial charge in [0.15, 0.2) is 5.76 Å². The van der Waals surface area contributed by atoms with Crippen LogP contribution in [0.25, 0.3) is 11.0 Å². The highest BCUT2D eigenvalue weighted by Crippen LogP contribution is 2.35. The minimum Gasteiger partial charge on any atom is -0.453 e. The predicted octanol–water partition coefficient (Wildman–Crippen LogP) is 2.84. The van der Waals surface area contributed by atoms with Gasteiger partial charge < -0.3 is 13.9 Å². The summed E-state index contributed by atoms with van der Waals surface area (Å²) in [5, 5.41) is 0.767. The number of ether oxygens (including phenoxy) is 2. The zero-order valence-electron chi connectivity index (χ0n) is 15.6. The van der Waals surface area contributed by atoms with Crippen molar-refractivity contribution in [2.75, 3.05) is 13.1 Å². The van der Waals surface area contributed by atoms with E-state index in [1.165, 1.54) is 0 Å². The molecule has 2 aliphatic rings. The van der Waals surface area contributed by atoms with E-state index in [4.69, 9.17) is 13.9 Å². The first kappa shape index (κ1) is 18.4. The number of hydrogen-bond donors (Lipinski definition) is 0. The van der Waals surface area contributed by atoms with Gasteiger partial charge in [0.1, 0.15) is 5.58 Å². The number of carbonyl (C=O) groups excluding carboxylic acids is 3. The fraction of sp³-hybridized carbons (Fsp3) is 0.381. The van der Waals surface area contributed by atoms with Gasteiger partial charge in [-0.25, -0.2) is 9.59 Å². The summed E-state index contributed by atoms with van der Waals surface area (Å²) >= 11 is 0. The molecule has 1 aromatic carbocycles. The van der Waals surface area contributed by atoms with Crippen molar-refractivity contribution in [3.8, 4) is 0 Å². The lowest BCUT2D eigenvalue weighted by molar-refractivity contribution is -0.194. The summed E-state index contributed by atoms with van der Waals surface area (Å²) in [6.45, 7) is 3.03. The number of likely N-dealkylation sites (tertiary alicyclic amines) is 1. The second-order valence-electron chi connectivity index (χ2n) is 7.01. The summed E-state index contributed by atoms with van der Waals surface area (Å²) in [4.78, 5) is 40.0.